The Bertz CT molecular complexity index is 1010. The Morgan fingerprint density at radius 2 is 2.07 bits per heavy atom. The van der Waals surface area contributed by atoms with Crippen LogP contribution in [-0.2, 0) is 16.0 Å². The van der Waals surface area contributed by atoms with Crippen molar-refractivity contribution < 1.29 is 19.1 Å². The van der Waals surface area contributed by atoms with Crippen molar-refractivity contribution in [3.8, 4) is 11.5 Å². The predicted molar refractivity (Wildman–Crippen MR) is 95.9 cm³/mol. The highest BCUT2D eigenvalue weighted by atomic mass is 32.1. The van der Waals surface area contributed by atoms with Gasteiger partial charge in [0, 0.05) is 24.6 Å². The fourth-order valence-electron chi connectivity index (χ4n) is 2.52. The van der Waals surface area contributed by atoms with E-state index in [1.54, 1.807) is 22.7 Å². The number of carbonyl (C=O) groups is 2. The Morgan fingerprint density at radius 3 is 2.93 bits per heavy atom. The monoisotopic (exact) mass is 388 g/mol. The second-order valence-corrected chi connectivity index (χ2v) is 6.87. The lowest BCUT2D eigenvalue weighted by molar-refractivity contribution is -0.124. The first-order chi connectivity index (χ1) is 13.1. The van der Waals surface area contributed by atoms with Crippen LogP contribution in [0.4, 0.5) is 5.69 Å². The van der Waals surface area contributed by atoms with Gasteiger partial charge < -0.3 is 20.1 Å². The number of amides is 2. The Labute approximate surface area is 157 Å². The Hall–Kier alpha value is -3.21. The van der Waals surface area contributed by atoms with Crippen molar-refractivity contribution in [2.45, 2.75) is 19.8 Å². The molecule has 0 fully saturated rings. The molecule has 0 radical (unpaired) electrons. The zero-order valence-corrected chi connectivity index (χ0v) is 15.2. The van der Waals surface area contributed by atoms with Gasteiger partial charge in [-0.1, -0.05) is 11.3 Å². The highest BCUT2D eigenvalue weighted by Gasteiger charge is 2.15. The van der Waals surface area contributed by atoms with Crippen LogP contribution in [0.25, 0.3) is 4.96 Å². The molecule has 3 heterocycles. The van der Waals surface area contributed by atoms with E-state index in [1.807, 2.05) is 6.92 Å². The summed E-state index contributed by atoms with van der Waals surface area (Å²) < 4.78 is 12.1. The van der Waals surface area contributed by atoms with Gasteiger partial charge >= 0.3 is 0 Å². The van der Waals surface area contributed by atoms with E-state index in [4.69, 9.17) is 9.47 Å². The Morgan fingerprint density at radius 1 is 1.22 bits per heavy atom. The average Bonchev–Trinajstić information content (AvgIpc) is 3.35. The number of carbonyl (C=O) groups excluding carboxylic acids is 2. The first-order valence-corrected chi connectivity index (χ1v) is 9.04. The lowest BCUT2D eigenvalue weighted by atomic mass is 10.2. The molecule has 0 bridgehead atoms. The minimum Gasteiger partial charge on any atom is -0.454 e. The van der Waals surface area contributed by atoms with Crippen molar-refractivity contribution in [2.24, 2.45) is 0 Å². The summed E-state index contributed by atoms with van der Waals surface area (Å²) in [5, 5.41) is 18.4. The third-order valence-electron chi connectivity index (χ3n) is 3.86. The third-order valence-corrected chi connectivity index (χ3v) is 4.82. The quantitative estimate of drug-likeness (QED) is 0.644. The SMILES string of the molecule is Cc1nnc2sc(CCC(=O)NCC(=O)Nc3ccc4c(c3)OCO4)nn12. The van der Waals surface area contributed by atoms with Crippen molar-refractivity contribution >= 4 is 33.8 Å². The molecule has 1 aromatic carbocycles. The van der Waals surface area contributed by atoms with Crippen LogP contribution in [0.1, 0.15) is 17.3 Å². The Kier molecular flexibility index (Phi) is 4.59. The number of benzene rings is 1. The minimum atomic E-state index is -0.323. The van der Waals surface area contributed by atoms with E-state index in [-0.39, 0.29) is 31.6 Å². The fraction of sp³-hybridized carbons (Fsp3) is 0.312. The van der Waals surface area contributed by atoms with E-state index in [2.05, 4.69) is 25.9 Å². The number of aromatic nitrogens is 4. The minimum absolute atomic E-state index is 0.114. The molecule has 0 aliphatic carbocycles. The maximum absolute atomic E-state index is 12.0. The molecular weight excluding hydrogens is 372 g/mol. The summed E-state index contributed by atoms with van der Waals surface area (Å²) in [6, 6.07) is 5.11. The standard InChI is InChI=1S/C16H16N6O4S/c1-9-19-20-16-22(9)21-15(27-16)5-4-13(23)17-7-14(24)18-10-2-3-11-12(6-10)26-8-25-11/h2-3,6H,4-5,7-8H2,1H3,(H,17,23)(H,18,24). The number of fused-ring (bicyclic) bond motifs is 2. The van der Waals surface area contributed by atoms with Crippen LogP contribution in [0.5, 0.6) is 11.5 Å². The van der Waals surface area contributed by atoms with E-state index in [0.29, 0.717) is 34.4 Å². The van der Waals surface area contributed by atoms with E-state index < -0.39 is 0 Å². The molecule has 0 atom stereocenters. The summed E-state index contributed by atoms with van der Waals surface area (Å²) in [6.07, 6.45) is 0.712. The molecule has 0 saturated carbocycles. The molecule has 3 aromatic rings. The number of anilines is 1. The molecule has 27 heavy (non-hydrogen) atoms. The summed E-state index contributed by atoms with van der Waals surface area (Å²) in [5.74, 6) is 1.38. The van der Waals surface area contributed by atoms with E-state index in [9.17, 15) is 9.59 Å². The summed E-state index contributed by atoms with van der Waals surface area (Å²) in [5.41, 5.74) is 0.577. The number of nitrogens with one attached hydrogen (secondary N) is 2. The molecule has 4 rings (SSSR count). The average molecular weight is 388 g/mol. The first-order valence-electron chi connectivity index (χ1n) is 8.22. The molecule has 11 heteroatoms. The number of hydrogen-bond donors (Lipinski definition) is 2. The van der Waals surface area contributed by atoms with Gasteiger partial charge in [0.2, 0.25) is 23.6 Å². The molecule has 0 unspecified atom stereocenters. The van der Waals surface area contributed by atoms with Gasteiger partial charge in [-0.2, -0.15) is 9.61 Å². The number of hydrogen-bond acceptors (Lipinski definition) is 8. The predicted octanol–water partition coefficient (Wildman–Crippen LogP) is 0.910. The summed E-state index contributed by atoms with van der Waals surface area (Å²) in [7, 11) is 0. The molecule has 2 amide bonds. The topological polar surface area (TPSA) is 120 Å². The van der Waals surface area contributed by atoms with Crippen molar-refractivity contribution in [1.82, 2.24) is 25.1 Å². The van der Waals surface area contributed by atoms with Crippen LogP contribution < -0.4 is 20.1 Å². The smallest absolute Gasteiger partial charge is 0.243 e. The first kappa shape index (κ1) is 17.2. The van der Waals surface area contributed by atoms with E-state index in [1.165, 1.54) is 11.3 Å². The second kappa shape index (κ2) is 7.19. The molecular formula is C16H16N6O4S. The van der Waals surface area contributed by atoms with Gasteiger partial charge in [-0.3, -0.25) is 9.59 Å². The van der Waals surface area contributed by atoms with Gasteiger partial charge in [-0.15, -0.1) is 10.2 Å². The molecule has 1 aliphatic rings. The summed E-state index contributed by atoms with van der Waals surface area (Å²) >= 11 is 1.39. The lowest BCUT2D eigenvalue weighted by Gasteiger charge is -2.07. The van der Waals surface area contributed by atoms with Crippen LogP contribution in [0.3, 0.4) is 0 Å². The van der Waals surface area contributed by atoms with Crippen LogP contribution in [0.15, 0.2) is 18.2 Å². The van der Waals surface area contributed by atoms with Gasteiger partial charge in [-0.25, -0.2) is 0 Å². The summed E-state index contributed by atoms with van der Waals surface area (Å²) in [4.78, 5) is 24.6. The summed E-state index contributed by atoms with van der Waals surface area (Å²) in [6.45, 7) is 1.87. The maximum atomic E-state index is 12.0. The van der Waals surface area contributed by atoms with Gasteiger partial charge in [0.05, 0.1) is 6.54 Å². The molecule has 140 valence electrons. The van der Waals surface area contributed by atoms with Gasteiger partial charge in [-0.05, 0) is 19.1 Å². The van der Waals surface area contributed by atoms with E-state index in [0.717, 1.165) is 5.01 Å². The largest absolute Gasteiger partial charge is 0.454 e. The highest BCUT2D eigenvalue weighted by molar-refractivity contribution is 7.16. The van der Waals surface area contributed by atoms with Crippen LogP contribution in [-0.4, -0.2) is 45.0 Å². The molecule has 10 nitrogen and oxygen atoms in total. The molecule has 2 N–H and O–H groups in total. The fourth-order valence-corrected chi connectivity index (χ4v) is 3.40. The number of rotatable bonds is 6. The van der Waals surface area contributed by atoms with Crippen molar-refractivity contribution in [2.75, 3.05) is 18.7 Å². The van der Waals surface area contributed by atoms with Gasteiger partial charge in [0.15, 0.2) is 17.3 Å². The molecule has 0 spiro atoms. The normalized spacial score (nSPS) is 12.3. The number of nitrogens with zero attached hydrogens (tertiary/aromatic N) is 4. The molecule has 1 aliphatic heterocycles. The van der Waals surface area contributed by atoms with Gasteiger partial charge in [0.1, 0.15) is 5.01 Å². The second-order valence-electron chi connectivity index (χ2n) is 5.83. The van der Waals surface area contributed by atoms with E-state index >= 15 is 0 Å². The van der Waals surface area contributed by atoms with Crippen LogP contribution in [0, 0.1) is 6.92 Å². The van der Waals surface area contributed by atoms with Crippen molar-refractivity contribution in [3.05, 3.63) is 29.0 Å². The Balaban J connectivity index is 1.23. The highest BCUT2D eigenvalue weighted by Crippen LogP contribution is 2.34. The molecule has 0 saturated heterocycles. The number of ether oxygens (including phenoxy) is 2. The zero-order chi connectivity index (χ0) is 18.8. The van der Waals surface area contributed by atoms with Crippen LogP contribution in [0.2, 0.25) is 0 Å². The van der Waals surface area contributed by atoms with Gasteiger partial charge in [0.25, 0.3) is 0 Å². The molecule has 2 aromatic heterocycles. The third kappa shape index (κ3) is 3.82. The zero-order valence-electron chi connectivity index (χ0n) is 14.4. The maximum Gasteiger partial charge on any atom is 0.243 e. The number of aryl methyl sites for hydroxylation is 2. The van der Waals surface area contributed by atoms with Crippen LogP contribution >= 0.6 is 11.3 Å². The van der Waals surface area contributed by atoms with Crippen molar-refractivity contribution in [3.63, 3.8) is 0 Å². The van der Waals surface area contributed by atoms with Crippen molar-refractivity contribution in [1.29, 1.82) is 0 Å². The lowest BCUT2D eigenvalue weighted by Crippen LogP contribution is -2.32.